The summed E-state index contributed by atoms with van der Waals surface area (Å²) in [6.07, 6.45) is 4.32. The summed E-state index contributed by atoms with van der Waals surface area (Å²) in [6, 6.07) is 18.6. The first-order chi connectivity index (χ1) is 14.1. The van der Waals surface area contributed by atoms with Gasteiger partial charge in [-0.1, -0.05) is 31.2 Å². The highest BCUT2D eigenvalue weighted by molar-refractivity contribution is 7.89. The normalized spacial score (nSPS) is 11.8. The van der Waals surface area contributed by atoms with Crippen molar-refractivity contribution in [3.05, 3.63) is 78.6 Å². The van der Waals surface area contributed by atoms with Gasteiger partial charge < -0.3 is 4.57 Å². The zero-order valence-corrected chi connectivity index (χ0v) is 16.9. The van der Waals surface area contributed by atoms with Crippen LogP contribution in [0.25, 0.3) is 22.4 Å². The molecule has 29 heavy (non-hydrogen) atoms. The predicted molar refractivity (Wildman–Crippen MR) is 114 cm³/mol. The monoisotopic (exact) mass is 406 g/mol. The first kappa shape index (κ1) is 19.3. The van der Waals surface area contributed by atoms with Gasteiger partial charge in [-0.05, 0) is 48.4 Å². The number of hydrogen-bond donors (Lipinski definition) is 1. The Morgan fingerprint density at radius 2 is 1.69 bits per heavy atom. The smallest absolute Gasteiger partial charge is 0.240 e. The Morgan fingerprint density at radius 3 is 2.41 bits per heavy atom. The van der Waals surface area contributed by atoms with Crippen molar-refractivity contribution in [1.29, 1.82) is 0 Å². The molecule has 0 aliphatic carbocycles. The van der Waals surface area contributed by atoms with E-state index >= 15 is 0 Å². The Kier molecular flexibility index (Phi) is 5.42. The Morgan fingerprint density at radius 1 is 0.966 bits per heavy atom. The van der Waals surface area contributed by atoms with Gasteiger partial charge in [0.15, 0.2) is 0 Å². The molecule has 2 heterocycles. The molecule has 7 heteroatoms. The zero-order chi connectivity index (χ0) is 20.3. The van der Waals surface area contributed by atoms with Gasteiger partial charge >= 0.3 is 0 Å². The maximum Gasteiger partial charge on any atom is 0.240 e. The van der Waals surface area contributed by atoms with Crippen molar-refractivity contribution in [3.8, 4) is 11.4 Å². The lowest BCUT2D eigenvalue weighted by Gasteiger charge is -2.11. The Balaban J connectivity index is 1.58. The lowest BCUT2D eigenvalue weighted by atomic mass is 10.2. The van der Waals surface area contributed by atoms with E-state index in [1.165, 1.54) is 0 Å². The van der Waals surface area contributed by atoms with E-state index in [9.17, 15) is 8.42 Å². The lowest BCUT2D eigenvalue weighted by molar-refractivity contribution is 0.574. The first-order valence-corrected chi connectivity index (χ1v) is 11.0. The number of sulfonamides is 1. The van der Waals surface area contributed by atoms with Gasteiger partial charge in [-0.15, -0.1) is 0 Å². The Hall–Kier alpha value is -3.03. The number of aromatic nitrogens is 3. The quantitative estimate of drug-likeness (QED) is 0.508. The van der Waals surface area contributed by atoms with Crippen molar-refractivity contribution in [2.45, 2.75) is 24.8 Å². The van der Waals surface area contributed by atoms with Crippen LogP contribution in [0, 0.1) is 0 Å². The highest BCUT2D eigenvalue weighted by atomic mass is 32.2. The summed E-state index contributed by atoms with van der Waals surface area (Å²) in [5.74, 6) is 0.792. The average molecular weight is 407 g/mol. The SMILES string of the molecule is CCc1ccc(S(=O)(=O)NCCn2c(-c3ccncc3)nc3ccccc32)cc1. The van der Waals surface area contributed by atoms with E-state index in [4.69, 9.17) is 4.98 Å². The van der Waals surface area contributed by atoms with E-state index in [0.717, 1.165) is 34.4 Å². The van der Waals surface area contributed by atoms with Crippen LogP contribution in [0.4, 0.5) is 0 Å². The second kappa shape index (κ2) is 8.14. The van der Waals surface area contributed by atoms with E-state index < -0.39 is 10.0 Å². The summed E-state index contributed by atoms with van der Waals surface area (Å²) in [7, 11) is -3.56. The van der Waals surface area contributed by atoms with Crippen molar-refractivity contribution in [2.75, 3.05) is 6.54 Å². The highest BCUT2D eigenvalue weighted by Gasteiger charge is 2.16. The third-order valence-electron chi connectivity index (χ3n) is 4.86. The molecule has 0 atom stereocenters. The maximum absolute atomic E-state index is 12.6. The zero-order valence-electron chi connectivity index (χ0n) is 16.1. The highest BCUT2D eigenvalue weighted by Crippen LogP contribution is 2.24. The minimum atomic E-state index is -3.56. The van der Waals surface area contributed by atoms with Crippen LogP contribution in [0.15, 0.2) is 78.0 Å². The summed E-state index contributed by atoms with van der Waals surface area (Å²) < 4.78 is 30.0. The number of hydrogen-bond acceptors (Lipinski definition) is 4. The van der Waals surface area contributed by atoms with E-state index in [1.807, 2.05) is 60.0 Å². The molecule has 1 N–H and O–H groups in total. The molecule has 0 saturated heterocycles. The van der Waals surface area contributed by atoms with Crippen LogP contribution in [0.2, 0.25) is 0 Å². The van der Waals surface area contributed by atoms with E-state index in [2.05, 4.69) is 9.71 Å². The average Bonchev–Trinajstić information content (AvgIpc) is 3.13. The number of para-hydroxylation sites is 2. The van der Waals surface area contributed by atoms with Crippen molar-refractivity contribution in [1.82, 2.24) is 19.3 Å². The standard InChI is InChI=1S/C22H22N4O2S/c1-2-17-7-9-19(10-8-17)29(27,28)24-15-16-26-21-6-4-3-5-20(21)25-22(26)18-11-13-23-14-12-18/h3-14,24H,2,15-16H2,1H3. The fraction of sp³-hybridized carbons (Fsp3) is 0.182. The molecule has 148 valence electrons. The van der Waals surface area contributed by atoms with E-state index in [0.29, 0.717) is 6.54 Å². The van der Waals surface area contributed by atoms with E-state index in [-0.39, 0.29) is 11.4 Å². The minimum Gasteiger partial charge on any atom is -0.323 e. The van der Waals surface area contributed by atoms with Crippen LogP contribution >= 0.6 is 0 Å². The van der Waals surface area contributed by atoms with Gasteiger partial charge in [-0.3, -0.25) is 4.98 Å². The van der Waals surface area contributed by atoms with Gasteiger partial charge in [-0.2, -0.15) is 0 Å². The Labute approximate surface area is 170 Å². The molecule has 0 bridgehead atoms. The number of nitrogens with one attached hydrogen (secondary N) is 1. The maximum atomic E-state index is 12.6. The molecule has 0 unspecified atom stereocenters. The first-order valence-electron chi connectivity index (χ1n) is 9.53. The summed E-state index contributed by atoms with van der Waals surface area (Å²) in [4.78, 5) is 9.08. The summed E-state index contributed by atoms with van der Waals surface area (Å²) >= 11 is 0. The number of pyridine rings is 1. The molecule has 6 nitrogen and oxygen atoms in total. The number of aryl methyl sites for hydroxylation is 1. The van der Waals surface area contributed by atoms with Crippen LogP contribution in [0.5, 0.6) is 0 Å². The van der Waals surface area contributed by atoms with Crippen LogP contribution < -0.4 is 4.72 Å². The van der Waals surface area contributed by atoms with Gasteiger partial charge in [0.25, 0.3) is 0 Å². The molecule has 2 aromatic carbocycles. The van der Waals surface area contributed by atoms with Gasteiger partial charge in [0, 0.05) is 31.0 Å². The van der Waals surface area contributed by atoms with Crippen LogP contribution in [0.3, 0.4) is 0 Å². The molecule has 0 saturated carbocycles. The molecule has 4 rings (SSSR count). The van der Waals surface area contributed by atoms with Gasteiger partial charge in [0.1, 0.15) is 5.82 Å². The largest absolute Gasteiger partial charge is 0.323 e. The van der Waals surface area contributed by atoms with Crippen LogP contribution in [0.1, 0.15) is 12.5 Å². The van der Waals surface area contributed by atoms with Crippen LogP contribution in [-0.2, 0) is 23.0 Å². The molecule has 0 aliphatic heterocycles. The number of fused-ring (bicyclic) bond motifs is 1. The summed E-state index contributed by atoms with van der Waals surface area (Å²) in [6.45, 7) is 2.76. The van der Waals surface area contributed by atoms with Crippen molar-refractivity contribution < 1.29 is 8.42 Å². The van der Waals surface area contributed by atoms with Gasteiger partial charge in [0.05, 0.1) is 15.9 Å². The fourth-order valence-corrected chi connectivity index (χ4v) is 4.32. The fourth-order valence-electron chi connectivity index (χ4n) is 3.30. The van der Waals surface area contributed by atoms with Crippen molar-refractivity contribution in [2.24, 2.45) is 0 Å². The second-order valence-electron chi connectivity index (χ2n) is 6.71. The predicted octanol–water partition coefficient (Wildman–Crippen LogP) is 3.64. The number of rotatable bonds is 7. The van der Waals surface area contributed by atoms with Gasteiger partial charge in [0.2, 0.25) is 10.0 Å². The summed E-state index contributed by atoms with van der Waals surface area (Å²) in [5, 5.41) is 0. The molecule has 0 radical (unpaired) electrons. The molecular formula is C22H22N4O2S. The molecule has 0 amide bonds. The lowest BCUT2D eigenvalue weighted by Crippen LogP contribution is -2.27. The Bertz CT molecular complexity index is 1220. The molecule has 0 spiro atoms. The van der Waals surface area contributed by atoms with Crippen molar-refractivity contribution >= 4 is 21.1 Å². The van der Waals surface area contributed by atoms with E-state index in [1.54, 1.807) is 24.5 Å². The third-order valence-corrected chi connectivity index (χ3v) is 6.34. The number of nitrogens with zero attached hydrogens (tertiary/aromatic N) is 3. The van der Waals surface area contributed by atoms with Crippen molar-refractivity contribution in [3.63, 3.8) is 0 Å². The molecule has 2 aromatic heterocycles. The molecule has 0 aliphatic rings. The second-order valence-corrected chi connectivity index (χ2v) is 8.47. The minimum absolute atomic E-state index is 0.260. The molecule has 0 fully saturated rings. The summed E-state index contributed by atoms with van der Waals surface area (Å²) in [5.41, 5.74) is 3.88. The molecular weight excluding hydrogens is 384 g/mol. The third kappa shape index (κ3) is 4.06. The van der Waals surface area contributed by atoms with Gasteiger partial charge in [-0.25, -0.2) is 18.1 Å². The topological polar surface area (TPSA) is 76.9 Å². The number of imidazole rings is 1. The molecule has 4 aromatic rings. The van der Waals surface area contributed by atoms with Crippen LogP contribution in [-0.4, -0.2) is 29.5 Å². The number of benzene rings is 2.